The van der Waals surface area contributed by atoms with Crippen LogP contribution < -0.4 is 0 Å². The molecule has 192 valence electrons. The van der Waals surface area contributed by atoms with E-state index in [0.29, 0.717) is 30.5 Å². The van der Waals surface area contributed by atoms with Gasteiger partial charge in [0.2, 0.25) is 5.91 Å². The zero-order chi connectivity index (χ0) is 27.4. The summed E-state index contributed by atoms with van der Waals surface area (Å²) < 4.78 is 39.6. The molecule has 1 amide bonds. The van der Waals surface area contributed by atoms with E-state index < -0.39 is 35.2 Å². The van der Waals surface area contributed by atoms with Crippen LogP contribution in [0, 0.1) is 11.6 Å². The summed E-state index contributed by atoms with van der Waals surface area (Å²) in [6, 6.07) is 3.35. The predicted molar refractivity (Wildman–Crippen MR) is 128 cm³/mol. The standard InChI is InChI=1S/C24H17ClF2N8O3/c25-14-2-4-16(34-10-30-32-33-34)19(21(14)27)11-7-12-1-3-17(35(12)18(36)8-11)23-29-9-15(31-23)13-5-6-28-22(20(13)26)24(37)38/h2,4-6,8-10,12,17H,1,3,7H2,(H,29,31)(H,37,38)/t12-,17+/m1/s1/i9D. The number of benzene rings is 1. The van der Waals surface area contributed by atoms with Crippen LogP contribution in [0.5, 0.6) is 0 Å². The molecule has 1 saturated heterocycles. The van der Waals surface area contributed by atoms with Crippen LogP contribution in [-0.2, 0) is 4.79 Å². The van der Waals surface area contributed by atoms with Gasteiger partial charge in [0.25, 0.3) is 0 Å². The van der Waals surface area contributed by atoms with E-state index in [4.69, 9.17) is 13.0 Å². The predicted octanol–water partition coefficient (Wildman–Crippen LogP) is 3.60. The van der Waals surface area contributed by atoms with E-state index in [2.05, 4.69) is 30.5 Å². The van der Waals surface area contributed by atoms with Gasteiger partial charge < -0.3 is 15.0 Å². The van der Waals surface area contributed by atoms with Crippen LogP contribution in [0.2, 0.25) is 5.02 Å². The molecular formula is C24H17ClF2N8O3. The number of rotatable bonds is 5. The summed E-state index contributed by atoms with van der Waals surface area (Å²) in [5.74, 6) is -3.46. The second kappa shape index (κ2) is 9.10. The van der Waals surface area contributed by atoms with Crippen molar-refractivity contribution in [3.05, 3.63) is 76.7 Å². The van der Waals surface area contributed by atoms with E-state index >= 15 is 4.39 Å². The van der Waals surface area contributed by atoms with Crippen molar-refractivity contribution >= 4 is 29.1 Å². The van der Waals surface area contributed by atoms with Gasteiger partial charge in [-0.25, -0.2) is 23.5 Å². The fourth-order valence-corrected chi connectivity index (χ4v) is 5.23. The third-order valence-corrected chi connectivity index (χ3v) is 7.01. The number of hydrogen-bond donors (Lipinski definition) is 2. The molecule has 2 aliphatic rings. The van der Waals surface area contributed by atoms with E-state index in [-0.39, 0.29) is 39.9 Å². The van der Waals surface area contributed by atoms with Crippen LogP contribution in [-0.4, -0.2) is 63.1 Å². The average Bonchev–Trinajstić information content (AvgIpc) is 3.66. The maximum Gasteiger partial charge on any atom is 0.357 e. The summed E-state index contributed by atoms with van der Waals surface area (Å²) in [4.78, 5) is 37.0. The van der Waals surface area contributed by atoms with E-state index in [1.165, 1.54) is 29.2 Å². The van der Waals surface area contributed by atoms with Gasteiger partial charge in [-0.1, -0.05) is 11.6 Å². The number of hydrogen-bond acceptors (Lipinski definition) is 7. The quantitative estimate of drug-likeness (QED) is 0.391. The molecule has 1 fully saturated rings. The monoisotopic (exact) mass is 539 g/mol. The van der Waals surface area contributed by atoms with Gasteiger partial charge in [-0.15, -0.1) is 5.10 Å². The molecule has 0 aliphatic carbocycles. The van der Waals surface area contributed by atoms with Gasteiger partial charge in [0.1, 0.15) is 12.2 Å². The van der Waals surface area contributed by atoms with Crippen LogP contribution in [0.25, 0.3) is 22.5 Å². The van der Waals surface area contributed by atoms with Crippen LogP contribution in [0.4, 0.5) is 8.78 Å². The molecule has 5 heterocycles. The maximum absolute atomic E-state index is 15.3. The van der Waals surface area contributed by atoms with Crippen molar-refractivity contribution in [3.8, 4) is 16.9 Å². The third kappa shape index (κ3) is 3.82. The zero-order valence-corrected chi connectivity index (χ0v) is 20.0. The largest absolute Gasteiger partial charge is 0.476 e. The summed E-state index contributed by atoms with van der Waals surface area (Å²) >= 11 is 6.07. The van der Waals surface area contributed by atoms with Crippen molar-refractivity contribution in [2.75, 3.05) is 0 Å². The second-order valence-corrected chi connectivity index (χ2v) is 9.22. The minimum Gasteiger partial charge on any atom is -0.476 e. The van der Waals surface area contributed by atoms with E-state index in [1.54, 1.807) is 11.0 Å². The smallest absolute Gasteiger partial charge is 0.357 e. The molecule has 0 bridgehead atoms. The second-order valence-electron chi connectivity index (χ2n) is 8.81. The number of imidazole rings is 1. The summed E-state index contributed by atoms with van der Waals surface area (Å²) in [6.07, 6.45) is 4.84. The van der Waals surface area contributed by atoms with Crippen molar-refractivity contribution in [3.63, 3.8) is 0 Å². The van der Waals surface area contributed by atoms with E-state index in [9.17, 15) is 19.1 Å². The number of H-pyrrole nitrogens is 1. The Bertz CT molecular complexity index is 1680. The number of carboxylic acids is 1. The van der Waals surface area contributed by atoms with Gasteiger partial charge in [0, 0.05) is 29.4 Å². The number of fused-ring (bicyclic) bond motifs is 1. The summed E-state index contributed by atoms with van der Waals surface area (Å²) in [6.45, 7) is 0. The average molecular weight is 540 g/mol. The Labute approximate surface area is 219 Å². The number of aromatic carboxylic acids is 1. The molecule has 11 nitrogen and oxygen atoms in total. The highest BCUT2D eigenvalue weighted by atomic mass is 35.5. The van der Waals surface area contributed by atoms with Crippen molar-refractivity contribution in [2.45, 2.75) is 31.3 Å². The molecule has 6 rings (SSSR count). The van der Waals surface area contributed by atoms with E-state index in [0.717, 1.165) is 6.20 Å². The first-order valence-electron chi connectivity index (χ1n) is 11.9. The molecule has 3 aromatic heterocycles. The lowest BCUT2D eigenvalue weighted by Crippen LogP contribution is -2.39. The zero-order valence-electron chi connectivity index (χ0n) is 20.3. The molecule has 0 saturated carbocycles. The number of nitrogens with zero attached hydrogens (tertiary/aromatic N) is 7. The molecule has 4 aromatic rings. The van der Waals surface area contributed by atoms with Crippen LogP contribution in [0.1, 0.15) is 48.6 Å². The fourth-order valence-electron chi connectivity index (χ4n) is 5.08. The lowest BCUT2D eigenvalue weighted by Gasteiger charge is -2.33. The highest BCUT2D eigenvalue weighted by Gasteiger charge is 2.42. The number of carbonyl (C=O) groups excluding carboxylic acids is 1. The molecule has 0 radical (unpaired) electrons. The number of carbonyl (C=O) groups is 2. The van der Waals surface area contributed by atoms with Crippen LogP contribution in [0.3, 0.4) is 0 Å². The summed E-state index contributed by atoms with van der Waals surface area (Å²) in [5, 5.41) is 20.1. The highest BCUT2D eigenvalue weighted by molar-refractivity contribution is 6.31. The number of carboxylic acid groups (broad SMARTS) is 1. The molecule has 1 aromatic carbocycles. The molecule has 2 N–H and O–H groups in total. The number of amides is 1. The summed E-state index contributed by atoms with van der Waals surface area (Å²) in [7, 11) is 0. The molecule has 38 heavy (non-hydrogen) atoms. The number of aromatic nitrogens is 7. The van der Waals surface area contributed by atoms with Crippen molar-refractivity contribution in [1.29, 1.82) is 0 Å². The van der Waals surface area contributed by atoms with Gasteiger partial charge >= 0.3 is 5.97 Å². The van der Waals surface area contributed by atoms with E-state index in [1.807, 2.05) is 0 Å². The van der Waals surface area contributed by atoms with Gasteiger partial charge in [-0.3, -0.25) is 4.79 Å². The first-order chi connectivity index (χ1) is 18.7. The third-order valence-electron chi connectivity index (χ3n) is 6.72. The van der Waals surface area contributed by atoms with Crippen molar-refractivity contribution in [2.24, 2.45) is 0 Å². The Hall–Kier alpha value is -4.52. The highest BCUT2D eigenvalue weighted by Crippen LogP contribution is 2.44. The first kappa shape index (κ1) is 22.7. The Morgan fingerprint density at radius 1 is 1.21 bits per heavy atom. The molecule has 0 spiro atoms. The first-order valence-corrected chi connectivity index (χ1v) is 11.8. The SMILES string of the molecule is [2H]c1nc([C@@H]2CC[C@@H]3CC(c4c(-n5cnnn5)ccc(Cl)c4F)=CC(=O)N32)[nH]c1-c1ccnc(C(=O)O)c1F. The Morgan fingerprint density at radius 2 is 2.05 bits per heavy atom. The minimum absolute atomic E-state index is 0.0244. The van der Waals surface area contributed by atoms with Gasteiger partial charge in [-0.05, 0) is 53.5 Å². The van der Waals surface area contributed by atoms with Crippen molar-refractivity contribution < 1.29 is 24.8 Å². The lowest BCUT2D eigenvalue weighted by molar-refractivity contribution is -0.129. The number of halogens is 3. The van der Waals surface area contributed by atoms with Gasteiger partial charge in [0.15, 0.2) is 17.3 Å². The minimum atomic E-state index is -1.54. The summed E-state index contributed by atoms with van der Waals surface area (Å²) in [5.41, 5.74) is -0.0695. The van der Waals surface area contributed by atoms with Gasteiger partial charge in [0.05, 0.1) is 30.0 Å². The maximum atomic E-state index is 15.3. The normalized spacial score (nSPS) is 19.3. The number of pyridine rings is 1. The van der Waals surface area contributed by atoms with Crippen molar-refractivity contribution in [1.82, 2.24) is 40.1 Å². The molecule has 2 atom stereocenters. The number of tetrazole rings is 1. The Morgan fingerprint density at radius 3 is 2.82 bits per heavy atom. The van der Waals surface area contributed by atoms with Crippen LogP contribution in [0.15, 0.2) is 43.0 Å². The van der Waals surface area contributed by atoms with Crippen LogP contribution >= 0.6 is 11.6 Å². The Kier molecular flexibility index (Phi) is 5.43. The number of nitrogens with one attached hydrogen (secondary N) is 1. The topological polar surface area (TPSA) is 143 Å². The molecule has 0 unspecified atom stereocenters. The molecule has 2 aliphatic heterocycles. The Balaban J connectivity index is 1.35. The molecular weight excluding hydrogens is 522 g/mol. The molecule has 14 heteroatoms. The number of aromatic amines is 1. The van der Waals surface area contributed by atoms with Gasteiger partial charge in [-0.2, -0.15) is 4.68 Å². The lowest BCUT2D eigenvalue weighted by atomic mass is 9.92. The fraction of sp³-hybridized carbons (Fsp3) is 0.208.